The molecule has 5 heteroatoms. The lowest BCUT2D eigenvalue weighted by atomic mass is 9.99. The van der Waals surface area contributed by atoms with E-state index >= 15 is 0 Å². The van der Waals surface area contributed by atoms with Gasteiger partial charge in [0.15, 0.2) is 0 Å². The SMILES string of the molecule is CN1CCN(C)C(C(N)CCc2cnn(C)c2)C1. The number of rotatable bonds is 4. The molecule has 2 rings (SSSR count). The van der Waals surface area contributed by atoms with Crippen molar-refractivity contribution in [3.05, 3.63) is 18.0 Å². The second kappa shape index (κ2) is 5.82. The first-order chi connectivity index (χ1) is 8.56. The molecule has 1 aliphatic heterocycles. The van der Waals surface area contributed by atoms with Crippen LogP contribution in [0.1, 0.15) is 12.0 Å². The van der Waals surface area contributed by atoms with Gasteiger partial charge in [-0.25, -0.2) is 0 Å². The summed E-state index contributed by atoms with van der Waals surface area (Å²) in [6.07, 6.45) is 6.05. The minimum absolute atomic E-state index is 0.234. The summed E-state index contributed by atoms with van der Waals surface area (Å²) in [5.74, 6) is 0. The van der Waals surface area contributed by atoms with Gasteiger partial charge < -0.3 is 10.6 Å². The summed E-state index contributed by atoms with van der Waals surface area (Å²) in [6.45, 7) is 3.33. The van der Waals surface area contributed by atoms with Crippen LogP contribution in [0.5, 0.6) is 0 Å². The molecule has 0 spiro atoms. The normalized spacial score (nSPS) is 24.3. The second-order valence-electron chi connectivity index (χ2n) is 5.53. The van der Waals surface area contributed by atoms with E-state index in [-0.39, 0.29) is 6.04 Å². The number of hydrogen-bond acceptors (Lipinski definition) is 4. The first-order valence-corrected chi connectivity index (χ1v) is 6.68. The number of aromatic nitrogens is 2. The van der Waals surface area contributed by atoms with E-state index in [1.54, 1.807) is 0 Å². The number of likely N-dealkylation sites (N-methyl/N-ethyl adjacent to an activating group) is 2. The number of piperazine rings is 1. The highest BCUT2D eigenvalue weighted by Gasteiger charge is 2.27. The largest absolute Gasteiger partial charge is 0.326 e. The minimum atomic E-state index is 0.234. The van der Waals surface area contributed by atoms with Crippen molar-refractivity contribution in [2.45, 2.75) is 24.9 Å². The van der Waals surface area contributed by atoms with Crippen LogP contribution in [0.25, 0.3) is 0 Å². The van der Waals surface area contributed by atoms with Crippen LogP contribution in [0.15, 0.2) is 12.4 Å². The Morgan fingerprint density at radius 1 is 1.39 bits per heavy atom. The fourth-order valence-electron chi connectivity index (χ4n) is 2.63. The van der Waals surface area contributed by atoms with Gasteiger partial charge in [-0.05, 0) is 32.5 Å². The van der Waals surface area contributed by atoms with Gasteiger partial charge in [-0.15, -0.1) is 0 Å². The van der Waals surface area contributed by atoms with Gasteiger partial charge in [-0.1, -0.05) is 0 Å². The van der Waals surface area contributed by atoms with Gasteiger partial charge >= 0.3 is 0 Å². The van der Waals surface area contributed by atoms with Crippen LogP contribution in [0.2, 0.25) is 0 Å². The van der Waals surface area contributed by atoms with Gasteiger partial charge in [-0.2, -0.15) is 5.10 Å². The maximum absolute atomic E-state index is 6.36. The highest BCUT2D eigenvalue weighted by atomic mass is 15.3. The fraction of sp³-hybridized carbons (Fsp3) is 0.769. The zero-order valence-electron chi connectivity index (χ0n) is 11.7. The molecule has 1 aromatic heterocycles. The van der Waals surface area contributed by atoms with Crippen LogP contribution in [0.3, 0.4) is 0 Å². The van der Waals surface area contributed by atoms with E-state index in [0.29, 0.717) is 6.04 Å². The zero-order valence-corrected chi connectivity index (χ0v) is 11.7. The van der Waals surface area contributed by atoms with Gasteiger partial charge in [0.05, 0.1) is 6.20 Å². The van der Waals surface area contributed by atoms with Crippen molar-refractivity contribution >= 4 is 0 Å². The molecule has 0 bridgehead atoms. The summed E-state index contributed by atoms with van der Waals surface area (Å²) < 4.78 is 1.85. The lowest BCUT2D eigenvalue weighted by Gasteiger charge is -2.40. The molecule has 2 heterocycles. The number of nitrogens with two attached hydrogens (primary N) is 1. The first-order valence-electron chi connectivity index (χ1n) is 6.68. The standard InChI is InChI=1S/C13H25N5/c1-16-6-7-17(2)13(10-16)12(14)5-4-11-8-15-18(3)9-11/h8-9,12-13H,4-7,10,14H2,1-3H3. The molecule has 0 aromatic carbocycles. The molecular weight excluding hydrogens is 226 g/mol. The summed E-state index contributed by atoms with van der Waals surface area (Å²) in [5.41, 5.74) is 7.64. The third kappa shape index (κ3) is 3.31. The van der Waals surface area contributed by atoms with Crippen LogP contribution in [-0.4, -0.2) is 65.4 Å². The third-order valence-electron chi connectivity index (χ3n) is 3.92. The Labute approximate surface area is 110 Å². The van der Waals surface area contributed by atoms with E-state index in [9.17, 15) is 0 Å². The first kappa shape index (κ1) is 13.5. The average Bonchev–Trinajstić information content (AvgIpc) is 2.75. The molecule has 1 aromatic rings. The summed E-state index contributed by atoms with van der Waals surface area (Å²) >= 11 is 0. The van der Waals surface area contributed by atoms with Gasteiger partial charge in [0.2, 0.25) is 0 Å². The average molecular weight is 251 g/mol. The predicted octanol–water partition coefficient (Wildman–Crippen LogP) is -0.0742. The number of nitrogens with zero attached hydrogens (tertiary/aromatic N) is 4. The molecule has 2 N–H and O–H groups in total. The van der Waals surface area contributed by atoms with E-state index in [4.69, 9.17) is 5.73 Å². The van der Waals surface area contributed by atoms with E-state index in [0.717, 1.165) is 32.5 Å². The van der Waals surface area contributed by atoms with E-state index in [1.165, 1.54) is 5.56 Å². The summed E-state index contributed by atoms with van der Waals surface area (Å²) in [4.78, 5) is 4.77. The molecule has 0 aliphatic carbocycles. The van der Waals surface area contributed by atoms with Crippen LogP contribution in [0.4, 0.5) is 0 Å². The molecular formula is C13H25N5. The fourth-order valence-corrected chi connectivity index (χ4v) is 2.63. The lowest BCUT2D eigenvalue weighted by molar-refractivity contribution is 0.0954. The van der Waals surface area contributed by atoms with Gasteiger partial charge in [-0.3, -0.25) is 9.58 Å². The molecule has 2 unspecified atom stereocenters. The van der Waals surface area contributed by atoms with Crippen LogP contribution < -0.4 is 5.73 Å². The second-order valence-corrected chi connectivity index (χ2v) is 5.53. The van der Waals surface area contributed by atoms with E-state index in [1.807, 2.05) is 17.9 Å². The Bertz CT molecular complexity index is 375. The molecule has 2 atom stereocenters. The highest BCUT2D eigenvalue weighted by Crippen LogP contribution is 2.13. The van der Waals surface area contributed by atoms with Crippen molar-refractivity contribution in [1.82, 2.24) is 19.6 Å². The molecule has 1 fully saturated rings. The Kier molecular flexibility index (Phi) is 4.37. The van der Waals surface area contributed by atoms with Gasteiger partial charge in [0, 0.05) is 45.0 Å². The molecule has 1 saturated heterocycles. The topological polar surface area (TPSA) is 50.3 Å². The zero-order chi connectivity index (χ0) is 13.1. The smallest absolute Gasteiger partial charge is 0.0521 e. The van der Waals surface area contributed by atoms with Crippen molar-refractivity contribution < 1.29 is 0 Å². The van der Waals surface area contributed by atoms with Crippen molar-refractivity contribution in [1.29, 1.82) is 0 Å². The molecule has 0 radical (unpaired) electrons. The van der Waals surface area contributed by atoms with Crippen LogP contribution >= 0.6 is 0 Å². The Morgan fingerprint density at radius 2 is 2.17 bits per heavy atom. The number of aryl methyl sites for hydroxylation is 2. The molecule has 18 heavy (non-hydrogen) atoms. The minimum Gasteiger partial charge on any atom is -0.326 e. The van der Waals surface area contributed by atoms with Gasteiger partial charge in [0.1, 0.15) is 0 Å². The number of hydrogen-bond donors (Lipinski definition) is 1. The monoisotopic (exact) mass is 251 g/mol. The lowest BCUT2D eigenvalue weighted by Crippen LogP contribution is -2.57. The maximum Gasteiger partial charge on any atom is 0.0521 e. The van der Waals surface area contributed by atoms with Crippen molar-refractivity contribution in [2.75, 3.05) is 33.7 Å². The molecule has 102 valence electrons. The van der Waals surface area contributed by atoms with Crippen molar-refractivity contribution in [3.63, 3.8) is 0 Å². The molecule has 5 nitrogen and oxygen atoms in total. The molecule has 0 saturated carbocycles. The van der Waals surface area contributed by atoms with Crippen molar-refractivity contribution in [3.8, 4) is 0 Å². The quantitative estimate of drug-likeness (QED) is 0.813. The Hall–Kier alpha value is -0.910. The summed E-state index contributed by atoms with van der Waals surface area (Å²) in [7, 11) is 6.31. The van der Waals surface area contributed by atoms with E-state index < -0.39 is 0 Å². The van der Waals surface area contributed by atoms with Crippen LogP contribution in [-0.2, 0) is 13.5 Å². The molecule has 0 amide bonds. The third-order valence-corrected chi connectivity index (χ3v) is 3.92. The summed E-state index contributed by atoms with van der Waals surface area (Å²) in [6, 6.07) is 0.707. The highest BCUT2D eigenvalue weighted by molar-refractivity contribution is 5.04. The molecule has 1 aliphatic rings. The van der Waals surface area contributed by atoms with Crippen molar-refractivity contribution in [2.24, 2.45) is 12.8 Å². The summed E-state index contributed by atoms with van der Waals surface area (Å²) in [5, 5.41) is 4.19. The van der Waals surface area contributed by atoms with E-state index in [2.05, 4.69) is 35.2 Å². The predicted molar refractivity (Wildman–Crippen MR) is 73.4 cm³/mol. The van der Waals surface area contributed by atoms with Gasteiger partial charge in [0.25, 0.3) is 0 Å². The Morgan fingerprint density at radius 3 is 2.83 bits per heavy atom. The van der Waals surface area contributed by atoms with Crippen LogP contribution in [0, 0.1) is 0 Å². The maximum atomic E-state index is 6.36. The Balaban J connectivity index is 1.85.